The van der Waals surface area contributed by atoms with E-state index in [1.54, 1.807) is 17.0 Å². The van der Waals surface area contributed by atoms with Crippen LogP contribution in [0.5, 0.6) is 11.6 Å². The molecule has 35 heavy (non-hydrogen) atoms. The second-order valence-electron chi connectivity index (χ2n) is 8.50. The summed E-state index contributed by atoms with van der Waals surface area (Å²) >= 11 is 1.44. The van der Waals surface area contributed by atoms with E-state index in [-0.39, 0.29) is 11.9 Å². The van der Waals surface area contributed by atoms with E-state index < -0.39 is 11.7 Å². The number of hydrogen-bond acceptors (Lipinski definition) is 6. The predicted octanol–water partition coefficient (Wildman–Crippen LogP) is 6.33. The van der Waals surface area contributed by atoms with Gasteiger partial charge in [0, 0.05) is 31.3 Å². The molecule has 3 heterocycles. The molecule has 11 heteroatoms. The van der Waals surface area contributed by atoms with E-state index in [4.69, 9.17) is 4.74 Å². The van der Waals surface area contributed by atoms with Crippen LogP contribution >= 0.6 is 11.3 Å². The molecule has 1 aliphatic heterocycles. The van der Waals surface area contributed by atoms with Gasteiger partial charge in [-0.1, -0.05) is 35.1 Å². The third-order valence-electron chi connectivity index (χ3n) is 5.79. The molecule has 0 radical (unpaired) electrons. The summed E-state index contributed by atoms with van der Waals surface area (Å²) in [4.78, 5) is 18.1. The summed E-state index contributed by atoms with van der Waals surface area (Å²) < 4.78 is 43.7. The van der Waals surface area contributed by atoms with Crippen LogP contribution in [0.4, 0.5) is 23.1 Å². The molecule has 0 bridgehead atoms. The number of rotatable bonds is 5. The number of likely N-dealkylation sites (tertiary alicyclic amines) is 1. The van der Waals surface area contributed by atoms with Crippen molar-refractivity contribution in [2.24, 2.45) is 0 Å². The summed E-state index contributed by atoms with van der Waals surface area (Å²) in [5, 5.41) is 12.6. The molecule has 2 fully saturated rings. The maximum Gasteiger partial charge on any atom is 0.417 e. The zero-order chi connectivity index (χ0) is 24.4. The van der Waals surface area contributed by atoms with Gasteiger partial charge in [-0.25, -0.2) is 9.78 Å². The minimum atomic E-state index is -4.44. The number of nitrogens with zero attached hydrogens (tertiary/aromatic N) is 4. The molecule has 2 amide bonds. The van der Waals surface area contributed by atoms with E-state index in [1.165, 1.54) is 23.0 Å². The third-order valence-corrected chi connectivity index (χ3v) is 6.79. The number of benzene rings is 1. The maximum atomic E-state index is 12.7. The Labute approximate surface area is 203 Å². The first-order chi connectivity index (χ1) is 16.8. The van der Waals surface area contributed by atoms with Gasteiger partial charge in [0.2, 0.25) is 11.0 Å². The molecule has 1 aliphatic carbocycles. The van der Waals surface area contributed by atoms with Crippen LogP contribution in [0.3, 0.4) is 0 Å². The molecule has 1 saturated carbocycles. The van der Waals surface area contributed by atoms with E-state index >= 15 is 0 Å². The molecule has 5 rings (SSSR count). The first-order valence-electron chi connectivity index (χ1n) is 11.2. The topological polar surface area (TPSA) is 80.2 Å². The summed E-state index contributed by atoms with van der Waals surface area (Å²) in [6.45, 7) is 1.19. The van der Waals surface area contributed by atoms with Crippen LogP contribution in [0.1, 0.15) is 47.7 Å². The zero-order valence-corrected chi connectivity index (χ0v) is 19.4. The van der Waals surface area contributed by atoms with Gasteiger partial charge < -0.3 is 9.64 Å². The molecule has 1 saturated heterocycles. The van der Waals surface area contributed by atoms with Crippen LogP contribution in [-0.4, -0.2) is 39.2 Å². The molecule has 3 aromatic rings. The highest BCUT2D eigenvalue weighted by Crippen LogP contribution is 2.42. The molecule has 0 atom stereocenters. The van der Waals surface area contributed by atoms with Gasteiger partial charge in [0.05, 0.1) is 5.56 Å². The highest BCUT2D eigenvalue weighted by molar-refractivity contribution is 7.15. The largest absolute Gasteiger partial charge is 0.439 e. The predicted molar refractivity (Wildman–Crippen MR) is 125 cm³/mol. The van der Waals surface area contributed by atoms with Gasteiger partial charge in [-0.3, -0.25) is 5.32 Å². The van der Waals surface area contributed by atoms with Gasteiger partial charge in [-0.05, 0) is 49.4 Å². The van der Waals surface area contributed by atoms with Crippen molar-refractivity contribution in [3.63, 3.8) is 0 Å². The SMILES string of the molecule is O=C(Nc1nnc(C2CC2)s1)N1CCC(=Cc2cccc(Oc3ccc(C(F)(F)F)cn3)c2)CC1. The van der Waals surface area contributed by atoms with E-state index in [9.17, 15) is 18.0 Å². The summed E-state index contributed by atoms with van der Waals surface area (Å²) in [6.07, 6.45) is 2.13. The highest BCUT2D eigenvalue weighted by atomic mass is 32.1. The Kier molecular flexibility index (Phi) is 6.42. The number of alkyl halides is 3. The Balaban J connectivity index is 1.15. The summed E-state index contributed by atoms with van der Waals surface area (Å²) in [7, 11) is 0. The molecule has 182 valence electrons. The van der Waals surface area contributed by atoms with Crippen molar-refractivity contribution in [3.05, 3.63) is 64.3 Å². The van der Waals surface area contributed by atoms with Crippen molar-refractivity contribution in [2.45, 2.75) is 37.8 Å². The fraction of sp³-hybridized carbons (Fsp3) is 0.333. The number of carbonyl (C=O) groups is 1. The zero-order valence-electron chi connectivity index (χ0n) is 18.6. The van der Waals surface area contributed by atoms with Crippen molar-refractivity contribution < 1.29 is 22.7 Å². The Bertz CT molecular complexity index is 1230. The van der Waals surface area contributed by atoms with Crippen molar-refractivity contribution in [1.29, 1.82) is 0 Å². The number of aromatic nitrogens is 3. The number of nitrogens with one attached hydrogen (secondary N) is 1. The lowest BCUT2D eigenvalue weighted by Gasteiger charge is -2.28. The van der Waals surface area contributed by atoms with Crippen molar-refractivity contribution >= 4 is 28.6 Å². The third kappa shape index (κ3) is 5.97. The molecule has 2 aliphatic rings. The quantitative estimate of drug-likeness (QED) is 0.442. The van der Waals surface area contributed by atoms with Crippen molar-refractivity contribution in [3.8, 4) is 11.6 Å². The number of ether oxygens (including phenoxy) is 1. The summed E-state index contributed by atoms with van der Waals surface area (Å²) in [5.41, 5.74) is 1.28. The standard InChI is InChI=1S/C24H22F3N5O2S/c25-24(26,27)18-6-7-20(28-14-18)34-19-3-1-2-16(13-19)12-15-8-10-32(11-9-15)23(33)29-22-31-30-21(35-22)17-4-5-17/h1-3,6-7,12-14,17H,4-5,8-11H2,(H,29,31,33). The van der Waals surface area contributed by atoms with E-state index in [2.05, 4.69) is 26.6 Å². The van der Waals surface area contributed by atoms with Crippen LogP contribution in [0.15, 0.2) is 48.2 Å². The first-order valence-corrected chi connectivity index (χ1v) is 12.0. The number of urea groups is 1. The minimum Gasteiger partial charge on any atom is -0.439 e. The number of hydrogen-bond donors (Lipinski definition) is 1. The first kappa shape index (κ1) is 23.3. The fourth-order valence-electron chi connectivity index (χ4n) is 3.72. The lowest BCUT2D eigenvalue weighted by Crippen LogP contribution is -2.39. The van der Waals surface area contributed by atoms with Crippen LogP contribution in [0.2, 0.25) is 0 Å². The normalized spacial score (nSPS) is 16.2. The lowest BCUT2D eigenvalue weighted by molar-refractivity contribution is -0.137. The van der Waals surface area contributed by atoms with Crippen molar-refractivity contribution in [2.75, 3.05) is 18.4 Å². The lowest BCUT2D eigenvalue weighted by atomic mass is 10.0. The van der Waals surface area contributed by atoms with Gasteiger partial charge >= 0.3 is 12.2 Å². The van der Waals surface area contributed by atoms with Crippen LogP contribution in [-0.2, 0) is 6.18 Å². The van der Waals surface area contributed by atoms with Gasteiger partial charge in [0.25, 0.3) is 0 Å². The van der Waals surface area contributed by atoms with E-state index in [0.717, 1.165) is 48.5 Å². The van der Waals surface area contributed by atoms with Crippen LogP contribution < -0.4 is 10.1 Å². The van der Waals surface area contributed by atoms with E-state index in [1.807, 2.05) is 12.1 Å². The Hall–Kier alpha value is -3.47. The second kappa shape index (κ2) is 9.65. The Morgan fingerprint density at radius 3 is 2.63 bits per heavy atom. The number of anilines is 1. The molecule has 2 aromatic heterocycles. The van der Waals surface area contributed by atoms with Crippen LogP contribution in [0, 0.1) is 0 Å². The number of piperidine rings is 1. The number of carbonyl (C=O) groups excluding carboxylic acids is 1. The monoisotopic (exact) mass is 501 g/mol. The number of pyridine rings is 1. The molecular formula is C24H22F3N5O2S. The fourth-order valence-corrected chi connectivity index (χ4v) is 4.63. The van der Waals surface area contributed by atoms with Crippen LogP contribution in [0.25, 0.3) is 6.08 Å². The summed E-state index contributed by atoms with van der Waals surface area (Å²) in [5.74, 6) is 1.07. The smallest absolute Gasteiger partial charge is 0.417 e. The molecule has 1 aromatic carbocycles. The molecular weight excluding hydrogens is 479 g/mol. The number of halogens is 3. The second-order valence-corrected chi connectivity index (χ2v) is 9.51. The Morgan fingerprint density at radius 1 is 1.14 bits per heavy atom. The molecule has 1 N–H and O–H groups in total. The van der Waals surface area contributed by atoms with Gasteiger partial charge in [0.15, 0.2) is 0 Å². The average Bonchev–Trinajstić information content (AvgIpc) is 3.58. The van der Waals surface area contributed by atoms with Gasteiger partial charge in [-0.2, -0.15) is 13.2 Å². The highest BCUT2D eigenvalue weighted by Gasteiger charge is 2.31. The van der Waals surface area contributed by atoms with Gasteiger partial charge in [0.1, 0.15) is 10.8 Å². The molecule has 0 spiro atoms. The molecule has 0 unspecified atom stereocenters. The average molecular weight is 502 g/mol. The Morgan fingerprint density at radius 2 is 1.94 bits per heavy atom. The number of amides is 2. The van der Waals surface area contributed by atoms with E-state index in [0.29, 0.717) is 29.9 Å². The van der Waals surface area contributed by atoms with Crippen molar-refractivity contribution in [1.82, 2.24) is 20.1 Å². The minimum absolute atomic E-state index is 0.0850. The maximum absolute atomic E-state index is 12.7. The molecule has 7 nitrogen and oxygen atoms in total. The summed E-state index contributed by atoms with van der Waals surface area (Å²) in [6, 6.07) is 9.23. The van der Waals surface area contributed by atoms with Gasteiger partial charge in [-0.15, -0.1) is 10.2 Å².